The summed E-state index contributed by atoms with van der Waals surface area (Å²) in [5, 5.41) is 2.78. The Morgan fingerprint density at radius 1 is 1.11 bits per heavy atom. The zero-order valence-corrected chi connectivity index (χ0v) is 15.9. The summed E-state index contributed by atoms with van der Waals surface area (Å²) in [5.74, 6) is 0.537. The molecule has 0 aromatic heterocycles. The molecule has 152 valence electrons. The highest BCUT2D eigenvalue weighted by molar-refractivity contribution is 5.77. The molecule has 0 spiro atoms. The van der Waals surface area contributed by atoms with E-state index in [0.717, 1.165) is 23.4 Å². The third kappa shape index (κ3) is 5.88. The van der Waals surface area contributed by atoms with Gasteiger partial charge in [0.2, 0.25) is 0 Å². The van der Waals surface area contributed by atoms with Crippen molar-refractivity contribution in [3.05, 3.63) is 59.7 Å². The van der Waals surface area contributed by atoms with Crippen LogP contribution in [0, 0.1) is 0 Å². The molecule has 1 N–H and O–H groups in total. The topological polar surface area (TPSA) is 50.8 Å². The zero-order valence-electron chi connectivity index (χ0n) is 15.9. The van der Waals surface area contributed by atoms with Crippen LogP contribution in [0.5, 0.6) is 11.5 Å². The van der Waals surface area contributed by atoms with Gasteiger partial charge in [0.15, 0.2) is 6.61 Å². The molecule has 28 heavy (non-hydrogen) atoms. The van der Waals surface area contributed by atoms with Crippen LogP contribution >= 0.6 is 0 Å². The third-order valence-corrected chi connectivity index (χ3v) is 4.17. The van der Waals surface area contributed by atoms with Crippen LogP contribution in [0.4, 0.5) is 13.2 Å². The molecule has 0 aliphatic heterocycles. The van der Waals surface area contributed by atoms with Crippen molar-refractivity contribution in [1.29, 1.82) is 0 Å². The maximum atomic E-state index is 12.6. The Hall–Kier alpha value is -2.74. The molecule has 0 saturated carbocycles. The summed E-state index contributed by atoms with van der Waals surface area (Å²) in [7, 11) is 5.37. The van der Waals surface area contributed by atoms with Crippen molar-refractivity contribution in [1.82, 2.24) is 10.2 Å². The molecular formula is C20H23F3N2O3. The maximum absolute atomic E-state index is 12.6. The van der Waals surface area contributed by atoms with Crippen LogP contribution < -0.4 is 14.8 Å². The molecule has 0 aliphatic rings. The van der Waals surface area contributed by atoms with Gasteiger partial charge in [0.1, 0.15) is 11.5 Å². The van der Waals surface area contributed by atoms with E-state index in [9.17, 15) is 18.0 Å². The molecule has 2 aromatic rings. The van der Waals surface area contributed by atoms with Gasteiger partial charge in [-0.3, -0.25) is 4.79 Å². The Kier molecular flexibility index (Phi) is 7.28. The Morgan fingerprint density at radius 2 is 1.75 bits per heavy atom. The molecule has 1 unspecified atom stereocenters. The van der Waals surface area contributed by atoms with Gasteiger partial charge < -0.3 is 19.7 Å². The number of amides is 1. The third-order valence-electron chi connectivity index (χ3n) is 4.17. The Labute approximate surface area is 162 Å². The van der Waals surface area contributed by atoms with Crippen molar-refractivity contribution in [3.8, 4) is 11.5 Å². The van der Waals surface area contributed by atoms with Crippen LogP contribution in [-0.2, 0) is 11.0 Å². The average Bonchev–Trinajstić information content (AvgIpc) is 2.66. The molecule has 0 fully saturated rings. The lowest BCUT2D eigenvalue weighted by molar-refractivity contribution is -0.137. The second-order valence-electron chi connectivity index (χ2n) is 6.34. The lowest BCUT2D eigenvalue weighted by atomic mass is 10.0. The molecule has 0 aliphatic carbocycles. The fourth-order valence-electron chi connectivity index (χ4n) is 2.66. The molecular weight excluding hydrogens is 373 g/mol. The summed E-state index contributed by atoms with van der Waals surface area (Å²) < 4.78 is 48.3. The highest BCUT2D eigenvalue weighted by Gasteiger charge is 2.30. The summed E-state index contributed by atoms with van der Waals surface area (Å²) in [4.78, 5) is 14.0. The Bertz CT molecular complexity index is 777. The number of para-hydroxylation sites is 1. The molecule has 1 atom stereocenters. The minimum absolute atomic E-state index is 0.119. The molecule has 0 bridgehead atoms. The number of rotatable bonds is 8. The van der Waals surface area contributed by atoms with Gasteiger partial charge in [0.25, 0.3) is 5.91 Å². The van der Waals surface area contributed by atoms with E-state index in [4.69, 9.17) is 9.47 Å². The number of hydrogen-bond donors (Lipinski definition) is 1. The molecule has 2 aromatic carbocycles. The SMILES string of the molecule is COc1ccccc1C(CNC(=O)COc1ccc(C(F)(F)F)cc1)N(C)C. The lowest BCUT2D eigenvalue weighted by Crippen LogP contribution is -2.37. The standard InChI is InChI=1S/C20H23F3N2O3/c1-25(2)17(16-6-4-5-7-18(16)27-3)12-24-19(26)13-28-15-10-8-14(9-11-15)20(21,22)23/h4-11,17H,12-13H2,1-3H3,(H,24,26). The number of carbonyl (C=O) groups is 1. The lowest BCUT2D eigenvalue weighted by Gasteiger charge is -2.26. The number of hydrogen-bond acceptors (Lipinski definition) is 4. The first kappa shape index (κ1) is 21.6. The molecule has 5 nitrogen and oxygen atoms in total. The van der Waals surface area contributed by atoms with Crippen LogP contribution in [0.15, 0.2) is 48.5 Å². The first-order valence-corrected chi connectivity index (χ1v) is 8.58. The molecule has 0 saturated heterocycles. The molecule has 0 radical (unpaired) electrons. The molecule has 8 heteroatoms. The number of alkyl halides is 3. The number of carbonyl (C=O) groups excluding carboxylic acids is 1. The predicted octanol–water partition coefficient (Wildman–Crippen LogP) is 3.51. The summed E-state index contributed by atoms with van der Waals surface area (Å²) in [5.41, 5.74) is 0.161. The Morgan fingerprint density at radius 3 is 2.32 bits per heavy atom. The van der Waals surface area contributed by atoms with Crippen LogP contribution in [0.25, 0.3) is 0 Å². The second kappa shape index (κ2) is 9.45. The van der Waals surface area contributed by atoms with E-state index in [-0.39, 0.29) is 24.3 Å². The van der Waals surface area contributed by atoms with Gasteiger partial charge >= 0.3 is 6.18 Å². The fourth-order valence-corrected chi connectivity index (χ4v) is 2.66. The van der Waals surface area contributed by atoms with Gasteiger partial charge in [-0.2, -0.15) is 13.2 Å². The Balaban J connectivity index is 1.91. The largest absolute Gasteiger partial charge is 0.496 e. The van der Waals surface area contributed by atoms with Gasteiger partial charge in [-0.25, -0.2) is 0 Å². The van der Waals surface area contributed by atoms with E-state index in [1.165, 1.54) is 12.1 Å². The average molecular weight is 396 g/mol. The monoisotopic (exact) mass is 396 g/mol. The number of halogens is 3. The smallest absolute Gasteiger partial charge is 0.416 e. The van der Waals surface area contributed by atoms with E-state index >= 15 is 0 Å². The van der Waals surface area contributed by atoms with Gasteiger partial charge in [-0.05, 0) is 44.4 Å². The van der Waals surface area contributed by atoms with Gasteiger partial charge in [-0.15, -0.1) is 0 Å². The summed E-state index contributed by atoms with van der Waals surface area (Å²) in [6.45, 7) is 0.0278. The minimum Gasteiger partial charge on any atom is -0.496 e. The molecule has 0 heterocycles. The number of ether oxygens (including phenoxy) is 2. The highest BCUT2D eigenvalue weighted by Crippen LogP contribution is 2.30. The van der Waals surface area contributed by atoms with Gasteiger partial charge in [0.05, 0.1) is 18.7 Å². The van der Waals surface area contributed by atoms with Crippen molar-refractivity contribution >= 4 is 5.91 Å². The number of methoxy groups -OCH3 is 1. The normalized spacial score (nSPS) is 12.5. The highest BCUT2D eigenvalue weighted by atomic mass is 19.4. The predicted molar refractivity (Wildman–Crippen MR) is 99.4 cm³/mol. The first-order valence-electron chi connectivity index (χ1n) is 8.58. The minimum atomic E-state index is -4.41. The number of likely N-dealkylation sites (N-methyl/N-ethyl adjacent to an activating group) is 1. The number of nitrogens with zero attached hydrogens (tertiary/aromatic N) is 1. The van der Waals surface area contributed by atoms with E-state index < -0.39 is 11.7 Å². The van der Waals surface area contributed by atoms with E-state index in [2.05, 4.69) is 5.32 Å². The van der Waals surface area contributed by atoms with Gasteiger partial charge in [0, 0.05) is 12.1 Å². The first-order chi connectivity index (χ1) is 13.2. The molecule has 2 rings (SSSR count). The zero-order chi connectivity index (χ0) is 20.7. The fraction of sp³-hybridized carbons (Fsp3) is 0.350. The van der Waals surface area contributed by atoms with E-state index in [1.54, 1.807) is 7.11 Å². The summed E-state index contributed by atoms with van der Waals surface area (Å²) >= 11 is 0. The van der Waals surface area contributed by atoms with Crippen molar-refractivity contribution < 1.29 is 27.4 Å². The van der Waals surface area contributed by atoms with E-state index in [1.807, 2.05) is 43.3 Å². The number of benzene rings is 2. The summed E-state index contributed by atoms with van der Waals surface area (Å²) in [6, 6.07) is 11.6. The van der Waals surface area contributed by atoms with Crippen LogP contribution in [0.1, 0.15) is 17.2 Å². The molecule has 1 amide bonds. The van der Waals surface area contributed by atoms with E-state index in [0.29, 0.717) is 6.54 Å². The van der Waals surface area contributed by atoms with Crippen molar-refractivity contribution in [2.75, 3.05) is 34.4 Å². The van der Waals surface area contributed by atoms with Crippen molar-refractivity contribution in [2.45, 2.75) is 12.2 Å². The summed E-state index contributed by atoms with van der Waals surface area (Å²) in [6.07, 6.45) is -4.41. The van der Waals surface area contributed by atoms with Crippen LogP contribution in [0.2, 0.25) is 0 Å². The van der Waals surface area contributed by atoms with Gasteiger partial charge in [-0.1, -0.05) is 18.2 Å². The second-order valence-corrected chi connectivity index (χ2v) is 6.34. The van der Waals surface area contributed by atoms with Crippen LogP contribution in [-0.4, -0.2) is 45.2 Å². The number of nitrogens with one attached hydrogen (secondary N) is 1. The van der Waals surface area contributed by atoms with Crippen molar-refractivity contribution in [3.63, 3.8) is 0 Å². The maximum Gasteiger partial charge on any atom is 0.416 e. The van der Waals surface area contributed by atoms with Crippen molar-refractivity contribution in [2.24, 2.45) is 0 Å². The quantitative estimate of drug-likeness (QED) is 0.742. The van der Waals surface area contributed by atoms with Crippen LogP contribution in [0.3, 0.4) is 0 Å².